The first kappa shape index (κ1) is 20.6. The Labute approximate surface area is 180 Å². The van der Waals surface area contributed by atoms with Crippen molar-refractivity contribution >= 4 is 16.8 Å². The number of aromatic nitrogens is 2. The van der Waals surface area contributed by atoms with Crippen LogP contribution in [0.15, 0.2) is 71.7 Å². The Morgan fingerprint density at radius 3 is 2.58 bits per heavy atom. The summed E-state index contributed by atoms with van der Waals surface area (Å²) in [5, 5.41) is 3.90. The van der Waals surface area contributed by atoms with E-state index < -0.39 is 0 Å². The van der Waals surface area contributed by atoms with E-state index in [1.54, 1.807) is 12.3 Å². The van der Waals surface area contributed by atoms with E-state index in [1.165, 1.54) is 0 Å². The smallest absolute Gasteiger partial charge is 0.257 e. The first-order valence-electron chi connectivity index (χ1n) is 10.4. The third kappa shape index (κ3) is 4.44. The SMILES string of the molecule is CN(C)CCCNC(=O)c1ccc2[nH]c(-c3ccc[nH]c3=O)c(-c3ccccc3)c2c1. The zero-order chi connectivity index (χ0) is 21.8. The Morgan fingerprint density at radius 2 is 1.84 bits per heavy atom. The Kier molecular flexibility index (Phi) is 6.00. The second-order valence-electron chi connectivity index (χ2n) is 7.83. The third-order valence-electron chi connectivity index (χ3n) is 5.28. The van der Waals surface area contributed by atoms with Crippen molar-refractivity contribution < 1.29 is 4.79 Å². The van der Waals surface area contributed by atoms with E-state index in [-0.39, 0.29) is 11.5 Å². The molecular formula is C25H26N4O2. The number of nitrogens with zero attached hydrogens (tertiary/aromatic N) is 1. The van der Waals surface area contributed by atoms with E-state index in [1.807, 2.05) is 68.7 Å². The maximum absolute atomic E-state index is 12.7. The molecule has 2 heterocycles. The van der Waals surface area contributed by atoms with Gasteiger partial charge in [-0.25, -0.2) is 0 Å². The van der Waals surface area contributed by atoms with Crippen molar-refractivity contribution in [2.24, 2.45) is 0 Å². The molecule has 0 saturated carbocycles. The van der Waals surface area contributed by atoms with Gasteiger partial charge >= 0.3 is 0 Å². The first-order valence-corrected chi connectivity index (χ1v) is 10.4. The van der Waals surface area contributed by atoms with Crippen molar-refractivity contribution in [3.05, 3.63) is 82.8 Å². The number of rotatable bonds is 7. The van der Waals surface area contributed by atoms with Gasteiger partial charge in [0, 0.05) is 34.8 Å². The van der Waals surface area contributed by atoms with Crippen LogP contribution >= 0.6 is 0 Å². The Bertz CT molecular complexity index is 1260. The molecule has 0 bridgehead atoms. The van der Waals surface area contributed by atoms with Crippen LogP contribution in [0.2, 0.25) is 0 Å². The molecule has 0 saturated heterocycles. The molecule has 4 aromatic rings. The third-order valence-corrected chi connectivity index (χ3v) is 5.28. The number of carbonyl (C=O) groups excluding carboxylic acids is 1. The number of aromatic amines is 2. The summed E-state index contributed by atoms with van der Waals surface area (Å²) in [5.74, 6) is -0.0972. The standard InChI is InChI=1S/C25H26N4O2/c1-29(2)15-7-14-26-24(30)18-11-12-21-20(16-18)22(17-8-4-3-5-9-17)23(28-21)19-10-6-13-27-25(19)31/h3-6,8-13,16,28H,7,14-15H2,1-2H3,(H,26,30)(H,27,31). The maximum atomic E-state index is 12.7. The lowest BCUT2D eigenvalue weighted by Gasteiger charge is -2.10. The lowest BCUT2D eigenvalue weighted by molar-refractivity contribution is 0.0952. The molecule has 0 spiro atoms. The molecule has 2 aromatic carbocycles. The highest BCUT2D eigenvalue weighted by atomic mass is 16.1. The van der Waals surface area contributed by atoms with Gasteiger partial charge < -0.3 is 20.2 Å². The minimum Gasteiger partial charge on any atom is -0.354 e. The second kappa shape index (κ2) is 9.02. The Hall–Kier alpha value is -3.64. The minimum atomic E-state index is -0.162. The summed E-state index contributed by atoms with van der Waals surface area (Å²) in [6.07, 6.45) is 2.51. The van der Waals surface area contributed by atoms with Gasteiger partial charge in [-0.15, -0.1) is 0 Å². The lowest BCUT2D eigenvalue weighted by Crippen LogP contribution is -2.27. The lowest BCUT2D eigenvalue weighted by atomic mass is 9.98. The molecule has 158 valence electrons. The van der Waals surface area contributed by atoms with Gasteiger partial charge in [0.2, 0.25) is 0 Å². The van der Waals surface area contributed by atoms with Crippen LogP contribution in [0, 0.1) is 0 Å². The van der Waals surface area contributed by atoms with Crippen molar-refractivity contribution in [3.8, 4) is 22.4 Å². The fourth-order valence-electron chi connectivity index (χ4n) is 3.76. The van der Waals surface area contributed by atoms with Gasteiger partial charge in [-0.1, -0.05) is 30.3 Å². The van der Waals surface area contributed by atoms with Gasteiger partial charge in [0.25, 0.3) is 11.5 Å². The van der Waals surface area contributed by atoms with Crippen molar-refractivity contribution in [1.29, 1.82) is 0 Å². The summed E-state index contributed by atoms with van der Waals surface area (Å²) in [4.78, 5) is 33.5. The van der Waals surface area contributed by atoms with Crippen LogP contribution < -0.4 is 10.9 Å². The van der Waals surface area contributed by atoms with Gasteiger partial charge in [-0.3, -0.25) is 9.59 Å². The monoisotopic (exact) mass is 414 g/mol. The van der Waals surface area contributed by atoms with Crippen LogP contribution in [0.5, 0.6) is 0 Å². The molecule has 0 aliphatic carbocycles. The Balaban J connectivity index is 1.77. The fraction of sp³-hybridized carbons (Fsp3) is 0.200. The number of pyridine rings is 1. The molecule has 0 fully saturated rings. The van der Waals surface area contributed by atoms with Crippen molar-refractivity contribution in [1.82, 2.24) is 20.2 Å². The van der Waals surface area contributed by atoms with Crippen molar-refractivity contribution in [2.75, 3.05) is 27.2 Å². The fourth-order valence-corrected chi connectivity index (χ4v) is 3.76. The van der Waals surface area contributed by atoms with Crippen LogP contribution in [0.25, 0.3) is 33.3 Å². The number of carbonyl (C=O) groups is 1. The van der Waals surface area contributed by atoms with Crippen LogP contribution in [0.1, 0.15) is 16.8 Å². The number of H-pyrrole nitrogens is 2. The van der Waals surface area contributed by atoms with Crippen LogP contribution in [0.3, 0.4) is 0 Å². The molecule has 0 atom stereocenters. The normalized spacial score (nSPS) is 11.2. The van der Waals surface area contributed by atoms with Crippen LogP contribution in [-0.2, 0) is 0 Å². The predicted octanol–water partition coefficient (Wildman–Crippen LogP) is 3.87. The molecule has 0 aliphatic heterocycles. The number of amides is 1. The van der Waals surface area contributed by atoms with E-state index in [4.69, 9.17) is 0 Å². The summed E-state index contributed by atoms with van der Waals surface area (Å²) >= 11 is 0. The van der Waals surface area contributed by atoms with Crippen LogP contribution in [-0.4, -0.2) is 48.0 Å². The molecule has 3 N–H and O–H groups in total. The van der Waals surface area contributed by atoms with Gasteiger partial charge in [-0.2, -0.15) is 0 Å². The molecule has 31 heavy (non-hydrogen) atoms. The highest BCUT2D eigenvalue weighted by molar-refractivity contribution is 6.07. The van der Waals surface area contributed by atoms with E-state index in [9.17, 15) is 9.59 Å². The maximum Gasteiger partial charge on any atom is 0.257 e. The van der Waals surface area contributed by atoms with Gasteiger partial charge in [0.1, 0.15) is 0 Å². The summed E-state index contributed by atoms with van der Waals surface area (Å²) in [6, 6.07) is 19.1. The van der Waals surface area contributed by atoms with Crippen molar-refractivity contribution in [2.45, 2.75) is 6.42 Å². The zero-order valence-corrected chi connectivity index (χ0v) is 17.7. The minimum absolute atomic E-state index is 0.0972. The van der Waals surface area contributed by atoms with Gasteiger partial charge in [-0.05, 0) is 63.0 Å². The van der Waals surface area contributed by atoms with E-state index in [2.05, 4.69) is 20.2 Å². The van der Waals surface area contributed by atoms with Gasteiger partial charge in [0.15, 0.2) is 0 Å². The molecule has 6 nitrogen and oxygen atoms in total. The highest BCUT2D eigenvalue weighted by Gasteiger charge is 2.18. The summed E-state index contributed by atoms with van der Waals surface area (Å²) in [5.41, 5.74) is 4.51. The summed E-state index contributed by atoms with van der Waals surface area (Å²) in [6.45, 7) is 1.54. The number of fused-ring (bicyclic) bond motifs is 1. The average Bonchev–Trinajstić information content (AvgIpc) is 3.15. The van der Waals surface area contributed by atoms with E-state index >= 15 is 0 Å². The topological polar surface area (TPSA) is 81.0 Å². The quantitative estimate of drug-likeness (QED) is 0.402. The number of hydrogen-bond donors (Lipinski definition) is 3. The molecule has 0 aliphatic rings. The second-order valence-corrected chi connectivity index (χ2v) is 7.83. The summed E-state index contributed by atoms with van der Waals surface area (Å²) < 4.78 is 0. The summed E-state index contributed by atoms with van der Waals surface area (Å²) in [7, 11) is 4.03. The molecule has 0 radical (unpaired) electrons. The van der Waals surface area contributed by atoms with E-state index in [0.29, 0.717) is 17.7 Å². The Morgan fingerprint density at radius 1 is 1.03 bits per heavy atom. The van der Waals surface area contributed by atoms with Crippen LogP contribution in [0.4, 0.5) is 0 Å². The molecule has 0 unspecified atom stereocenters. The number of hydrogen-bond acceptors (Lipinski definition) is 3. The number of nitrogens with one attached hydrogen (secondary N) is 3. The zero-order valence-electron chi connectivity index (χ0n) is 17.7. The molecule has 4 rings (SSSR count). The number of benzene rings is 2. The molecule has 1 amide bonds. The molecule has 2 aromatic heterocycles. The highest BCUT2D eigenvalue weighted by Crippen LogP contribution is 2.37. The van der Waals surface area contributed by atoms with E-state index in [0.717, 1.165) is 40.7 Å². The first-order chi connectivity index (χ1) is 15.0. The average molecular weight is 415 g/mol. The van der Waals surface area contributed by atoms with Crippen molar-refractivity contribution in [3.63, 3.8) is 0 Å². The molecular weight excluding hydrogens is 388 g/mol. The predicted molar refractivity (Wildman–Crippen MR) is 125 cm³/mol. The molecule has 6 heteroatoms. The van der Waals surface area contributed by atoms with Gasteiger partial charge in [0.05, 0.1) is 11.3 Å². The largest absolute Gasteiger partial charge is 0.354 e.